The molecule has 142 valence electrons. The fourth-order valence-corrected chi connectivity index (χ4v) is 4.01. The first kappa shape index (κ1) is 18.0. The van der Waals surface area contributed by atoms with E-state index in [0.29, 0.717) is 0 Å². The van der Waals surface area contributed by atoms with Crippen LogP contribution in [0.4, 0.5) is 5.69 Å². The van der Waals surface area contributed by atoms with Crippen LogP contribution in [-0.4, -0.2) is 60.0 Å². The molecule has 2 saturated heterocycles. The number of amides is 1. The molecule has 2 aliphatic rings. The topological polar surface area (TPSA) is 39.7 Å². The maximum atomic E-state index is 12.6. The summed E-state index contributed by atoms with van der Waals surface area (Å²) in [4.78, 5) is 23.6. The second-order valence-corrected chi connectivity index (χ2v) is 7.52. The molecule has 5 nitrogen and oxygen atoms in total. The zero-order valence-electron chi connectivity index (χ0n) is 15.9. The zero-order valence-corrected chi connectivity index (χ0v) is 15.9. The lowest BCUT2D eigenvalue weighted by molar-refractivity contribution is 0.0724. The van der Waals surface area contributed by atoms with Gasteiger partial charge in [-0.05, 0) is 49.1 Å². The van der Waals surface area contributed by atoms with E-state index < -0.39 is 0 Å². The number of piperazine rings is 1. The van der Waals surface area contributed by atoms with E-state index in [1.807, 2.05) is 29.4 Å². The maximum absolute atomic E-state index is 12.6. The molecule has 3 heterocycles. The summed E-state index contributed by atoms with van der Waals surface area (Å²) < 4.78 is 0. The largest absolute Gasteiger partial charge is 0.369 e. The molecule has 1 amide bonds. The van der Waals surface area contributed by atoms with Crippen LogP contribution in [-0.2, 0) is 6.54 Å². The van der Waals surface area contributed by atoms with Crippen LogP contribution in [0.5, 0.6) is 0 Å². The number of pyridine rings is 1. The molecule has 0 unspecified atom stereocenters. The summed E-state index contributed by atoms with van der Waals surface area (Å²) in [6, 6.07) is 12.4. The minimum atomic E-state index is 0.187. The second-order valence-electron chi connectivity index (χ2n) is 7.52. The minimum absolute atomic E-state index is 0.187. The van der Waals surface area contributed by atoms with Crippen molar-refractivity contribution in [3.05, 3.63) is 59.9 Å². The van der Waals surface area contributed by atoms with E-state index in [2.05, 4.69) is 39.0 Å². The Hall–Kier alpha value is -2.40. The fraction of sp³-hybridized carbons (Fsp3) is 0.455. The molecule has 0 saturated carbocycles. The molecule has 2 aromatic rings. The average Bonchev–Trinajstić information content (AvgIpc) is 2.76. The van der Waals surface area contributed by atoms with Crippen molar-refractivity contribution in [1.82, 2.24) is 14.8 Å². The van der Waals surface area contributed by atoms with Crippen LogP contribution in [0.25, 0.3) is 0 Å². The van der Waals surface area contributed by atoms with Crippen LogP contribution in [0.2, 0.25) is 0 Å². The Kier molecular flexibility index (Phi) is 5.68. The first-order valence-corrected chi connectivity index (χ1v) is 10.1. The maximum Gasteiger partial charge on any atom is 0.253 e. The Morgan fingerprint density at radius 3 is 2.15 bits per heavy atom. The van der Waals surface area contributed by atoms with Crippen molar-refractivity contribution in [2.75, 3.05) is 44.2 Å². The van der Waals surface area contributed by atoms with Gasteiger partial charge in [0.15, 0.2) is 0 Å². The third-order valence-corrected chi connectivity index (χ3v) is 5.65. The lowest BCUT2D eigenvalue weighted by atomic mass is 10.1. The summed E-state index contributed by atoms with van der Waals surface area (Å²) in [5.41, 5.74) is 3.36. The van der Waals surface area contributed by atoms with Gasteiger partial charge in [0.25, 0.3) is 5.91 Å². The molecular weight excluding hydrogens is 336 g/mol. The van der Waals surface area contributed by atoms with Gasteiger partial charge in [-0.1, -0.05) is 12.1 Å². The molecule has 0 N–H and O–H groups in total. The molecule has 2 aliphatic heterocycles. The quantitative estimate of drug-likeness (QED) is 0.836. The number of carbonyl (C=O) groups excluding carboxylic acids is 1. The molecular formula is C22H28N4O. The van der Waals surface area contributed by atoms with Crippen molar-refractivity contribution in [2.45, 2.75) is 25.8 Å². The molecule has 0 spiro atoms. The standard InChI is InChI=1S/C22H28N4O/c27-22(26-12-2-1-3-13-26)20-6-4-19(5-7-20)18-24-14-16-25(17-15-24)21-8-10-23-11-9-21/h4-11H,1-3,12-18H2. The van der Waals surface area contributed by atoms with Crippen molar-refractivity contribution < 1.29 is 4.79 Å². The number of nitrogens with zero attached hydrogens (tertiary/aromatic N) is 4. The Balaban J connectivity index is 1.29. The van der Waals surface area contributed by atoms with Gasteiger partial charge in [-0.25, -0.2) is 0 Å². The number of likely N-dealkylation sites (tertiary alicyclic amines) is 1. The smallest absolute Gasteiger partial charge is 0.253 e. The number of benzene rings is 1. The highest BCUT2D eigenvalue weighted by atomic mass is 16.2. The number of aromatic nitrogens is 1. The van der Waals surface area contributed by atoms with Crippen molar-refractivity contribution in [3.8, 4) is 0 Å². The van der Waals surface area contributed by atoms with E-state index in [0.717, 1.165) is 64.2 Å². The lowest BCUT2D eigenvalue weighted by Crippen LogP contribution is -2.45. The van der Waals surface area contributed by atoms with Gasteiger partial charge in [0.1, 0.15) is 0 Å². The highest BCUT2D eigenvalue weighted by Crippen LogP contribution is 2.17. The SMILES string of the molecule is O=C(c1ccc(CN2CCN(c3ccncc3)CC2)cc1)N1CCCCC1. The van der Waals surface area contributed by atoms with Crippen LogP contribution in [0.1, 0.15) is 35.2 Å². The number of hydrogen-bond donors (Lipinski definition) is 0. The van der Waals surface area contributed by atoms with E-state index in [4.69, 9.17) is 0 Å². The molecule has 5 heteroatoms. The Labute approximate surface area is 161 Å². The lowest BCUT2D eigenvalue weighted by Gasteiger charge is -2.36. The monoisotopic (exact) mass is 364 g/mol. The number of anilines is 1. The number of piperidine rings is 1. The van der Waals surface area contributed by atoms with E-state index in [-0.39, 0.29) is 5.91 Å². The number of hydrogen-bond acceptors (Lipinski definition) is 4. The van der Waals surface area contributed by atoms with Crippen molar-refractivity contribution >= 4 is 11.6 Å². The molecule has 0 bridgehead atoms. The summed E-state index contributed by atoms with van der Waals surface area (Å²) in [5, 5.41) is 0. The van der Waals surface area contributed by atoms with Crippen LogP contribution >= 0.6 is 0 Å². The van der Waals surface area contributed by atoms with E-state index >= 15 is 0 Å². The van der Waals surface area contributed by atoms with Gasteiger partial charge < -0.3 is 9.80 Å². The normalized spacial score (nSPS) is 18.5. The Morgan fingerprint density at radius 1 is 0.815 bits per heavy atom. The summed E-state index contributed by atoms with van der Waals surface area (Å²) in [5.74, 6) is 0.187. The summed E-state index contributed by atoms with van der Waals surface area (Å²) in [6.07, 6.45) is 7.23. The zero-order chi connectivity index (χ0) is 18.5. The molecule has 0 atom stereocenters. The molecule has 4 rings (SSSR count). The van der Waals surface area contributed by atoms with Gasteiger partial charge in [0, 0.05) is 69.5 Å². The van der Waals surface area contributed by atoms with E-state index in [1.54, 1.807) is 0 Å². The minimum Gasteiger partial charge on any atom is -0.369 e. The highest BCUT2D eigenvalue weighted by molar-refractivity contribution is 5.94. The fourth-order valence-electron chi connectivity index (χ4n) is 4.01. The van der Waals surface area contributed by atoms with Gasteiger partial charge in [-0.15, -0.1) is 0 Å². The molecule has 1 aromatic carbocycles. The van der Waals surface area contributed by atoms with Crippen LogP contribution in [0.3, 0.4) is 0 Å². The first-order chi connectivity index (χ1) is 13.3. The van der Waals surface area contributed by atoms with Crippen LogP contribution in [0.15, 0.2) is 48.8 Å². The van der Waals surface area contributed by atoms with Crippen molar-refractivity contribution in [2.24, 2.45) is 0 Å². The average molecular weight is 364 g/mol. The molecule has 2 fully saturated rings. The van der Waals surface area contributed by atoms with E-state index in [9.17, 15) is 4.79 Å². The van der Waals surface area contributed by atoms with Crippen molar-refractivity contribution in [1.29, 1.82) is 0 Å². The van der Waals surface area contributed by atoms with Crippen molar-refractivity contribution in [3.63, 3.8) is 0 Å². The predicted molar refractivity (Wildman–Crippen MR) is 108 cm³/mol. The number of carbonyl (C=O) groups is 1. The number of rotatable bonds is 4. The van der Waals surface area contributed by atoms with Crippen LogP contribution < -0.4 is 4.90 Å². The molecule has 27 heavy (non-hydrogen) atoms. The Bertz CT molecular complexity index is 733. The van der Waals surface area contributed by atoms with Crippen LogP contribution in [0, 0.1) is 0 Å². The van der Waals surface area contributed by atoms with Gasteiger partial charge >= 0.3 is 0 Å². The Morgan fingerprint density at radius 2 is 1.48 bits per heavy atom. The van der Waals surface area contributed by atoms with Gasteiger partial charge in [0.05, 0.1) is 0 Å². The molecule has 0 radical (unpaired) electrons. The highest BCUT2D eigenvalue weighted by Gasteiger charge is 2.19. The summed E-state index contributed by atoms with van der Waals surface area (Å²) in [6.45, 7) is 6.94. The first-order valence-electron chi connectivity index (χ1n) is 10.1. The third-order valence-electron chi connectivity index (χ3n) is 5.65. The van der Waals surface area contributed by atoms with Gasteiger partial charge in [0.2, 0.25) is 0 Å². The molecule has 0 aliphatic carbocycles. The summed E-state index contributed by atoms with van der Waals surface area (Å²) >= 11 is 0. The van der Waals surface area contributed by atoms with E-state index in [1.165, 1.54) is 17.7 Å². The van der Waals surface area contributed by atoms with Gasteiger partial charge in [-0.2, -0.15) is 0 Å². The second kappa shape index (κ2) is 8.53. The third kappa shape index (κ3) is 4.48. The summed E-state index contributed by atoms with van der Waals surface area (Å²) in [7, 11) is 0. The predicted octanol–water partition coefficient (Wildman–Crippen LogP) is 3.03. The molecule has 1 aromatic heterocycles. The van der Waals surface area contributed by atoms with Gasteiger partial charge in [-0.3, -0.25) is 14.7 Å².